The number of sulfone groups is 1. The number of nitrogen functional groups attached to an aromatic ring is 2. The van der Waals surface area contributed by atoms with Gasteiger partial charge in [-0.3, -0.25) is 18.4 Å². The van der Waals surface area contributed by atoms with Crippen molar-refractivity contribution in [3.8, 4) is 0 Å². The Morgan fingerprint density at radius 2 is 0.709 bits per heavy atom. The maximum absolute atomic E-state index is 14.9. The van der Waals surface area contributed by atoms with Crippen molar-refractivity contribution >= 4 is 140 Å². The number of nitrogens with zero attached hydrogens (tertiary/aromatic N) is 6. The molecule has 0 spiro atoms. The molecule has 110 heavy (non-hydrogen) atoms. The molecule has 0 saturated heterocycles. The summed E-state index contributed by atoms with van der Waals surface area (Å²) >= 11 is 0. The molecule has 594 valence electrons. The van der Waals surface area contributed by atoms with E-state index in [-0.39, 0.29) is 26.6 Å². The largest absolute Gasteiger partial charge is 0.397 e. The SMILES string of the molecule is CCCCCCCCCCCCN=S(=O)=O.CCCCCCCCCCCCc1ccc2c(c1)nc1c3ccc4c5ccc6c(=O)n7c8ccc(S(=O)(=O)N(CCCCCCCCCCCC)CCCCCCCCCCCC)cc8nc7c7ccc(c8ccc(c(=O)n21)c3c48)c5c67.CS(=O)(=O)c1ccc(N)c(N)c1. The maximum Gasteiger partial charge on any atom is 0.311 e. The molecular formula is C91H124N8O8S3. The molecule has 19 heteroatoms. The first-order valence-corrected chi connectivity index (χ1v) is 46.8. The molecule has 4 N–H and O–H groups in total. The van der Waals surface area contributed by atoms with Crippen molar-refractivity contribution in [2.75, 3.05) is 37.4 Å². The number of rotatable bonds is 47. The second kappa shape index (κ2) is 42.3. The molecule has 12 rings (SSSR count). The quantitative estimate of drug-likeness (QED) is 0.0157. The first-order valence-electron chi connectivity index (χ1n) is 42.4. The van der Waals surface area contributed by atoms with Crippen LogP contribution in [0.15, 0.2) is 127 Å². The summed E-state index contributed by atoms with van der Waals surface area (Å²) in [7, 11) is -9.23. The number of pyridine rings is 2. The number of benzene rings is 8. The van der Waals surface area contributed by atoms with Crippen LogP contribution in [-0.4, -0.2) is 74.2 Å². The molecule has 0 aliphatic carbocycles. The molecular weight excluding hydrogens is 1430 g/mol. The van der Waals surface area contributed by atoms with Crippen LogP contribution in [-0.2, 0) is 36.8 Å². The molecule has 0 fully saturated rings. The van der Waals surface area contributed by atoms with Gasteiger partial charge in [-0.15, -0.1) is 0 Å². The van der Waals surface area contributed by atoms with E-state index in [9.17, 15) is 34.8 Å². The lowest BCUT2D eigenvalue weighted by molar-refractivity contribution is 0.383. The lowest BCUT2D eigenvalue weighted by Crippen LogP contribution is -2.33. The third-order valence-electron chi connectivity index (χ3n) is 22.8. The standard InChI is InChI=1S/C72H89N5O4S.C12H25NO2S.C7H10N2O2S/c1-4-7-10-13-16-19-22-25-28-31-34-51-35-45-63-61(49-51)73-69-57-41-37-53-56-40-44-60-68-58(42-38-54(66(56)68)55-39-43-59(67(57)65(53)55)71(78)76(63)69)70-74-62-50-52(36-46-64(62)77(70)72(60)79)82(80,81)75(47-32-29-26-23-20-17-14-11-8-5-2)48-33-30-27-24-21-18-15-12-9-6-3;1-2-3-4-5-6-7-8-9-10-11-12-13-16(14)15;1-12(10,11)5-2-3-6(8)7(9)4-5/h35-46,49-50H,4-34,47-48H2,1-3H3;2-12H2,1H3;2-4H,8-9H2,1H3. The van der Waals surface area contributed by atoms with E-state index >= 15 is 0 Å². The van der Waals surface area contributed by atoms with E-state index in [4.69, 9.17) is 21.4 Å². The van der Waals surface area contributed by atoms with E-state index in [0.29, 0.717) is 58.4 Å². The fraction of sp³-hybridized carbons (Fsp3) is 0.538. The molecule has 4 aromatic heterocycles. The summed E-state index contributed by atoms with van der Waals surface area (Å²) in [6.07, 6.45) is 51.8. The summed E-state index contributed by atoms with van der Waals surface area (Å²) in [5.74, 6) is 0. The van der Waals surface area contributed by atoms with Crippen LogP contribution >= 0.6 is 0 Å². The van der Waals surface area contributed by atoms with Crippen LogP contribution in [0.5, 0.6) is 0 Å². The van der Waals surface area contributed by atoms with E-state index in [1.165, 1.54) is 223 Å². The first-order chi connectivity index (χ1) is 53.4. The van der Waals surface area contributed by atoms with Gasteiger partial charge in [0.2, 0.25) is 10.0 Å². The molecule has 0 aliphatic rings. The van der Waals surface area contributed by atoms with E-state index in [2.05, 4.69) is 86.7 Å². The molecule has 0 atom stereocenters. The number of imidazole rings is 2. The van der Waals surface area contributed by atoms with Gasteiger partial charge in [-0.1, -0.05) is 289 Å². The van der Waals surface area contributed by atoms with Gasteiger partial charge in [-0.25, -0.2) is 26.8 Å². The summed E-state index contributed by atoms with van der Waals surface area (Å²) < 4.78 is 80.4. The number of aromatic nitrogens is 4. The summed E-state index contributed by atoms with van der Waals surface area (Å²) in [5, 5.41) is 10.9. The fourth-order valence-corrected chi connectivity index (χ4v) is 19.0. The van der Waals surface area contributed by atoms with Crippen molar-refractivity contribution in [1.29, 1.82) is 0 Å². The van der Waals surface area contributed by atoms with Gasteiger partial charge in [-0.2, -0.15) is 17.1 Å². The predicted octanol–water partition coefficient (Wildman–Crippen LogP) is 23.8. The van der Waals surface area contributed by atoms with Crippen molar-refractivity contribution < 1.29 is 25.3 Å². The summed E-state index contributed by atoms with van der Waals surface area (Å²) in [6.45, 7) is 10.5. The van der Waals surface area contributed by atoms with E-state index < -0.39 is 30.4 Å². The first kappa shape index (κ1) is 84.9. The van der Waals surface area contributed by atoms with Gasteiger partial charge in [0, 0.05) is 51.7 Å². The minimum Gasteiger partial charge on any atom is -0.397 e. The van der Waals surface area contributed by atoms with Gasteiger partial charge in [0.25, 0.3) is 11.1 Å². The average molecular weight is 1550 g/mol. The fourth-order valence-electron chi connectivity index (χ4n) is 16.5. The van der Waals surface area contributed by atoms with Crippen molar-refractivity contribution in [1.82, 2.24) is 23.1 Å². The van der Waals surface area contributed by atoms with Gasteiger partial charge in [0.15, 0.2) is 9.84 Å². The summed E-state index contributed by atoms with van der Waals surface area (Å²) in [6, 6.07) is 32.5. The average Bonchev–Trinajstić information content (AvgIpc) is 1.22. The van der Waals surface area contributed by atoms with Crippen molar-refractivity contribution in [2.45, 2.75) is 301 Å². The van der Waals surface area contributed by atoms with Crippen molar-refractivity contribution in [3.63, 3.8) is 0 Å². The van der Waals surface area contributed by atoms with Gasteiger partial charge in [0.05, 0.1) is 49.8 Å². The van der Waals surface area contributed by atoms with Crippen molar-refractivity contribution in [2.24, 2.45) is 4.36 Å². The lowest BCUT2D eigenvalue weighted by atomic mass is 9.86. The second-order valence-corrected chi connectivity index (χ2v) is 35.9. The molecule has 0 unspecified atom stereocenters. The number of sulfonamides is 1. The third-order valence-corrected chi connectivity index (χ3v) is 26.2. The van der Waals surface area contributed by atoms with Crippen LogP contribution in [0.2, 0.25) is 0 Å². The number of unbranched alkanes of at least 4 members (excludes halogenated alkanes) is 36. The van der Waals surface area contributed by atoms with Crippen molar-refractivity contribution in [3.05, 3.63) is 129 Å². The molecule has 16 nitrogen and oxygen atoms in total. The second-order valence-electron chi connectivity index (χ2n) is 31.3. The van der Waals surface area contributed by atoms with E-state index in [0.717, 1.165) is 135 Å². The summed E-state index contributed by atoms with van der Waals surface area (Å²) in [4.78, 5) is 40.4. The molecule has 0 aliphatic heterocycles. The van der Waals surface area contributed by atoms with Crippen LogP contribution < -0.4 is 22.6 Å². The molecule has 4 heterocycles. The Bertz CT molecular complexity index is 5410. The Kier molecular flexibility index (Phi) is 32.7. The molecule has 0 radical (unpaired) electrons. The maximum atomic E-state index is 14.9. The highest BCUT2D eigenvalue weighted by Crippen LogP contribution is 2.46. The molecule has 8 aromatic carbocycles. The Balaban J connectivity index is 0.000000386. The zero-order valence-electron chi connectivity index (χ0n) is 66.8. The number of nitrogens with two attached hydrogens (primary N) is 2. The van der Waals surface area contributed by atoms with Crippen LogP contribution in [0.25, 0.3) is 98.0 Å². The Morgan fingerprint density at radius 3 is 1.10 bits per heavy atom. The normalized spacial score (nSPS) is 12.3. The topological polar surface area (TPSA) is 239 Å². The smallest absolute Gasteiger partial charge is 0.311 e. The number of hydrogen-bond donors (Lipinski definition) is 2. The monoisotopic (exact) mass is 1550 g/mol. The van der Waals surface area contributed by atoms with Gasteiger partial charge >= 0.3 is 10.5 Å². The van der Waals surface area contributed by atoms with Gasteiger partial charge in [0.1, 0.15) is 11.3 Å². The minimum absolute atomic E-state index is 0.0662. The number of fused-ring (bicyclic) bond motifs is 10. The zero-order valence-corrected chi connectivity index (χ0v) is 69.2. The highest BCUT2D eigenvalue weighted by molar-refractivity contribution is 7.90. The van der Waals surface area contributed by atoms with Crippen LogP contribution in [0.3, 0.4) is 0 Å². The van der Waals surface area contributed by atoms with Crippen LogP contribution in [0, 0.1) is 0 Å². The third kappa shape index (κ3) is 21.6. The highest BCUT2D eigenvalue weighted by Gasteiger charge is 2.28. The number of aryl methyl sites for hydroxylation is 1. The van der Waals surface area contributed by atoms with Gasteiger partial charge < -0.3 is 11.5 Å². The molecule has 0 saturated carbocycles. The number of anilines is 2. The Labute approximate surface area is 655 Å². The van der Waals surface area contributed by atoms with E-state index in [1.807, 2.05) is 16.5 Å². The Hall–Kier alpha value is -7.58. The predicted molar refractivity (Wildman–Crippen MR) is 465 cm³/mol. The van der Waals surface area contributed by atoms with Crippen LogP contribution in [0.4, 0.5) is 11.4 Å². The molecule has 0 bridgehead atoms. The summed E-state index contributed by atoms with van der Waals surface area (Å²) in [5.41, 5.74) is 16.5. The van der Waals surface area contributed by atoms with Gasteiger partial charge in [-0.05, 0) is 143 Å². The Morgan fingerprint density at radius 1 is 0.373 bits per heavy atom. The number of hydrogen-bond acceptors (Lipinski definition) is 13. The lowest BCUT2D eigenvalue weighted by Gasteiger charge is -2.22. The van der Waals surface area contributed by atoms with E-state index in [1.54, 1.807) is 26.9 Å². The molecule has 12 aromatic rings. The zero-order chi connectivity index (χ0) is 78.0. The molecule has 0 amide bonds. The van der Waals surface area contributed by atoms with Crippen LogP contribution in [0.1, 0.15) is 290 Å². The minimum atomic E-state index is -3.85. The highest BCUT2D eigenvalue weighted by atomic mass is 32.2.